The van der Waals surface area contributed by atoms with Gasteiger partial charge in [0.1, 0.15) is 5.82 Å². The smallest absolute Gasteiger partial charge is 0.279 e. The second-order valence-corrected chi connectivity index (χ2v) is 9.61. The molecule has 1 unspecified atom stereocenters. The molecule has 0 fully saturated rings. The molecule has 0 amide bonds. The van der Waals surface area contributed by atoms with E-state index in [0.29, 0.717) is 30.7 Å². The summed E-state index contributed by atoms with van der Waals surface area (Å²) in [5.74, 6) is 0.740. The van der Waals surface area contributed by atoms with Crippen LogP contribution < -0.4 is 5.69 Å². The molecule has 1 aromatic heterocycles. The van der Waals surface area contributed by atoms with Crippen molar-refractivity contribution in [3.63, 3.8) is 0 Å². The zero-order chi connectivity index (χ0) is 19.2. The van der Waals surface area contributed by atoms with E-state index in [0.717, 1.165) is 25.1 Å². The Morgan fingerprint density at radius 2 is 1.85 bits per heavy atom. The van der Waals surface area contributed by atoms with Crippen LogP contribution in [0, 0.1) is 0 Å². The van der Waals surface area contributed by atoms with Crippen LogP contribution in [0.2, 0.25) is 0 Å². The topological polar surface area (TPSA) is 77.2 Å². The van der Waals surface area contributed by atoms with Crippen molar-refractivity contribution >= 4 is 10.0 Å². The van der Waals surface area contributed by atoms with E-state index in [-0.39, 0.29) is 11.7 Å². The Morgan fingerprint density at radius 1 is 1.11 bits per heavy atom. The molecule has 146 valence electrons. The van der Waals surface area contributed by atoms with Crippen molar-refractivity contribution in [3.8, 4) is 0 Å². The predicted octanol–water partition coefficient (Wildman–Crippen LogP) is 1.49. The Morgan fingerprint density at radius 3 is 2.63 bits per heavy atom. The van der Waals surface area contributed by atoms with E-state index >= 15 is 0 Å². The number of benzene rings is 1. The van der Waals surface area contributed by atoms with Crippen LogP contribution in [-0.4, -0.2) is 40.2 Å². The standard InChI is InChI=1S/C19H26N4O3S/c1-21-19(24)23-12-11-16(8-10-18(23)20-21)22(2)27(25,26)17-9-7-14-5-3-4-6-15(14)13-17/h7,9,13,16H,3-6,8,10-12H2,1-2H3. The first-order chi connectivity index (χ1) is 12.9. The molecular formula is C19H26N4O3S. The minimum atomic E-state index is -3.56. The molecule has 8 heteroatoms. The van der Waals surface area contributed by atoms with Crippen molar-refractivity contribution in [1.82, 2.24) is 18.7 Å². The lowest BCUT2D eigenvalue weighted by Crippen LogP contribution is -2.38. The number of sulfonamides is 1. The molecular weight excluding hydrogens is 364 g/mol. The third-order valence-corrected chi connectivity index (χ3v) is 7.89. The Labute approximate surface area is 159 Å². The second-order valence-electron chi connectivity index (χ2n) is 7.61. The normalized spacial score (nSPS) is 20.2. The quantitative estimate of drug-likeness (QED) is 0.796. The average Bonchev–Trinajstić information content (AvgIpc) is 2.83. The van der Waals surface area contributed by atoms with Crippen LogP contribution in [0.1, 0.15) is 42.6 Å². The monoisotopic (exact) mass is 390 g/mol. The molecule has 0 saturated heterocycles. The largest absolute Gasteiger partial charge is 0.345 e. The Balaban J connectivity index is 1.57. The fraction of sp³-hybridized carbons (Fsp3) is 0.579. The summed E-state index contributed by atoms with van der Waals surface area (Å²) in [6.45, 7) is 0.497. The van der Waals surface area contributed by atoms with Gasteiger partial charge in [0.05, 0.1) is 4.90 Å². The van der Waals surface area contributed by atoms with E-state index in [2.05, 4.69) is 5.10 Å². The maximum absolute atomic E-state index is 13.2. The van der Waals surface area contributed by atoms with Crippen molar-refractivity contribution in [2.24, 2.45) is 7.05 Å². The first-order valence-corrected chi connectivity index (χ1v) is 11.0. The van der Waals surface area contributed by atoms with E-state index in [1.54, 1.807) is 24.7 Å². The van der Waals surface area contributed by atoms with Crippen molar-refractivity contribution in [2.45, 2.75) is 62.4 Å². The molecule has 1 aliphatic heterocycles. The average molecular weight is 391 g/mol. The summed E-state index contributed by atoms with van der Waals surface area (Å²) in [4.78, 5) is 12.5. The Bertz CT molecular complexity index is 1020. The minimum absolute atomic E-state index is 0.133. The number of nitrogens with zero attached hydrogens (tertiary/aromatic N) is 4. The van der Waals surface area contributed by atoms with Crippen LogP contribution in [0.3, 0.4) is 0 Å². The van der Waals surface area contributed by atoms with Gasteiger partial charge in [-0.2, -0.15) is 9.40 Å². The van der Waals surface area contributed by atoms with Crippen LogP contribution in [0.5, 0.6) is 0 Å². The predicted molar refractivity (Wildman–Crippen MR) is 102 cm³/mol. The maximum atomic E-state index is 13.2. The van der Waals surface area contributed by atoms with E-state index in [4.69, 9.17) is 0 Å². The van der Waals surface area contributed by atoms with Gasteiger partial charge in [0.25, 0.3) is 0 Å². The Kier molecular flexibility index (Phi) is 4.71. The highest BCUT2D eigenvalue weighted by molar-refractivity contribution is 7.89. The highest BCUT2D eigenvalue weighted by Crippen LogP contribution is 2.27. The number of fused-ring (bicyclic) bond motifs is 2. The summed E-state index contributed by atoms with van der Waals surface area (Å²) in [5.41, 5.74) is 2.31. The minimum Gasteiger partial charge on any atom is -0.279 e. The second kappa shape index (κ2) is 6.91. The zero-order valence-electron chi connectivity index (χ0n) is 15.9. The van der Waals surface area contributed by atoms with Crippen molar-refractivity contribution in [3.05, 3.63) is 45.6 Å². The lowest BCUT2D eigenvalue weighted by atomic mass is 9.92. The first kappa shape index (κ1) is 18.4. The van der Waals surface area contributed by atoms with Gasteiger partial charge >= 0.3 is 5.69 Å². The molecule has 0 radical (unpaired) electrons. The summed E-state index contributed by atoms with van der Waals surface area (Å²) in [6.07, 6.45) is 6.16. The summed E-state index contributed by atoms with van der Waals surface area (Å²) >= 11 is 0. The summed E-state index contributed by atoms with van der Waals surface area (Å²) in [5, 5.41) is 4.27. The van der Waals surface area contributed by atoms with Crippen LogP contribution in [0.15, 0.2) is 27.9 Å². The van der Waals surface area contributed by atoms with Crippen molar-refractivity contribution < 1.29 is 8.42 Å². The third-order valence-electron chi connectivity index (χ3n) is 5.98. The van der Waals surface area contributed by atoms with Gasteiger partial charge in [-0.1, -0.05) is 6.07 Å². The fourth-order valence-electron chi connectivity index (χ4n) is 4.28. The Hall–Kier alpha value is -1.93. The lowest BCUT2D eigenvalue weighted by Gasteiger charge is -2.27. The molecule has 2 aromatic rings. The molecule has 1 atom stereocenters. The van der Waals surface area contributed by atoms with Crippen LogP contribution in [0.4, 0.5) is 0 Å². The van der Waals surface area contributed by atoms with E-state index < -0.39 is 10.0 Å². The highest BCUT2D eigenvalue weighted by Gasteiger charge is 2.31. The molecule has 4 rings (SSSR count). The van der Waals surface area contributed by atoms with Gasteiger partial charge in [-0.3, -0.25) is 4.57 Å². The van der Waals surface area contributed by atoms with Crippen LogP contribution in [0.25, 0.3) is 0 Å². The lowest BCUT2D eigenvalue weighted by molar-refractivity contribution is 0.329. The molecule has 27 heavy (non-hydrogen) atoms. The van der Waals surface area contributed by atoms with Crippen LogP contribution >= 0.6 is 0 Å². The van der Waals surface area contributed by atoms with E-state index in [1.165, 1.54) is 26.5 Å². The molecule has 0 bridgehead atoms. The summed E-state index contributed by atoms with van der Waals surface area (Å²) in [7, 11) is -0.251. The number of rotatable bonds is 3. The SMILES string of the molecule is CN(C1CCc2nn(C)c(=O)n2CC1)S(=O)(=O)c1ccc2c(c1)CCCC2. The molecule has 0 N–H and O–H groups in total. The molecule has 1 aromatic carbocycles. The molecule has 2 heterocycles. The number of aromatic nitrogens is 3. The van der Waals surface area contributed by atoms with Gasteiger partial charge in [0, 0.05) is 33.1 Å². The van der Waals surface area contributed by atoms with Gasteiger partial charge in [0.2, 0.25) is 10.0 Å². The van der Waals surface area contributed by atoms with Gasteiger partial charge in [-0.05, 0) is 61.8 Å². The highest BCUT2D eigenvalue weighted by atomic mass is 32.2. The molecule has 0 saturated carbocycles. The van der Waals surface area contributed by atoms with Crippen LogP contribution in [-0.2, 0) is 42.9 Å². The van der Waals surface area contributed by atoms with E-state index in [9.17, 15) is 13.2 Å². The van der Waals surface area contributed by atoms with Crippen molar-refractivity contribution in [1.29, 1.82) is 0 Å². The van der Waals surface area contributed by atoms with Gasteiger partial charge in [0.15, 0.2) is 0 Å². The number of hydrogen-bond donors (Lipinski definition) is 0. The van der Waals surface area contributed by atoms with Gasteiger partial charge < -0.3 is 0 Å². The molecule has 1 aliphatic carbocycles. The number of hydrogen-bond acceptors (Lipinski definition) is 4. The van der Waals surface area contributed by atoms with Gasteiger partial charge in [-0.15, -0.1) is 0 Å². The molecule has 2 aliphatic rings. The first-order valence-electron chi connectivity index (χ1n) is 9.60. The third kappa shape index (κ3) is 3.25. The molecule has 0 spiro atoms. The fourth-order valence-corrected chi connectivity index (χ4v) is 5.75. The zero-order valence-corrected chi connectivity index (χ0v) is 16.7. The van der Waals surface area contributed by atoms with Crippen molar-refractivity contribution in [2.75, 3.05) is 7.05 Å². The number of aryl methyl sites for hydroxylation is 4. The summed E-state index contributed by atoms with van der Waals surface area (Å²) < 4.78 is 30.9. The molecule has 7 nitrogen and oxygen atoms in total. The van der Waals surface area contributed by atoms with E-state index in [1.807, 2.05) is 12.1 Å². The summed E-state index contributed by atoms with van der Waals surface area (Å²) in [6, 6.07) is 5.44. The van der Waals surface area contributed by atoms with Gasteiger partial charge in [-0.25, -0.2) is 17.9 Å². The maximum Gasteiger partial charge on any atom is 0.345 e.